The van der Waals surface area contributed by atoms with Gasteiger partial charge in [0.1, 0.15) is 0 Å². The zero-order valence-corrected chi connectivity index (χ0v) is 13.0. The van der Waals surface area contributed by atoms with Crippen LogP contribution in [0.25, 0.3) is 0 Å². The first kappa shape index (κ1) is 15.8. The molecule has 112 valence electrons. The smallest absolute Gasteiger partial charge is 0.0587 e. The summed E-state index contributed by atoms with van der Waals surface area (Å²) in [4.78, 5) is 2.54. The molecule has 1 unspecified atom stereocenters. The molecule has 0 saturated carbocycles. The van der Waals surface area contributed by atoms with Crippen LogP contribution < -0.4 is 5.32 Å². The minimum absolute atomic E-state index is 0.639. The van der Waals surface area contributed by atoms with Crippen LogP contribution in [0, 0.1) is 0 Å². The number of hydrogen-bond acceptors (Lipinski definition) is 3. The maximum absolute atomic E-state index is 5.93. The molecule has 1 aromatic carbocycles. The van der Waals surface area contributed by atoms with Crippen molar-refractivity contribution in [1.82, 2.24) is 10.2 Å². The Balaban J connectivity index is 1.76. The summed E-state index contributed by atoms with van der Waals surface area (Å²) < 4.78 is 5.09. The van der Waals surface area contributed by atoms with Gasteiger partial charge in [-0.1, -0.05) is 23.7 Å². The highest BCUT2D eigenvalue weighted by molar-refractivity contribution is 6.30. The maximum atomic E-state index is 5.93. The van der Waals surface area contributed by atoms with Crippen molar-refractivity contribution in [2.24, 2.45) is 0 Å². The number of halogens is 1. The van der Waals surface area contributed by atoms with Crippen molar-refractivity contribution >= 4 is 11.6 Å². The van der Waals surface area contributed by atoms with Gasteiger partial charge in [0, 0.05) is 31.3 Å². The van der Waals surface area contributed by atoms with Gasteiger partial charge in [0.05, 0.1) is 6.61 Å². The molecule has 1 saturated heterocycles. The van der Waals surface area contributed by atoms with Crippen molar-refractivity contribution in [3.8, 4) is 0 Å². The summed E-state index contributed by atoms with van der Waals surface area (Å²) in [7, 11) is 1.75. The second-order valence-electron chi connectivity index (χ2n) is 5.48. The Bertz CT molecular complexity index is 383. The lowest BCUT2D eigenvalue weighted by atomic mass is 10.1. The number of nitrogens with zero attached hydrogens (tertiary/aromatic N) is 1. The van der Waals surface area contributed by atoms with Crippen LogP contribution >= 0.6 is 11.6 Å². The Morgan fingerprint density at radius 3 is 2.80 bits per heavy atom. The van der Waals surface area contributed by atoms with Gasteiger partial charge in [-0.15, -0.1) is 0 Å². The van der Waals surface area contributed by atoms with Gasteiger partial charge in [0.25, 0.3) is 0 Å². The van der Waals surface area contributed by atoms with E-state index in [1.807, 2.05) is 12.1 Å². The summed E-state index contributed by atoms with van der Waals surface area (Å²) in [6.45, 7) is 5.13. The van der Waals surface area contributed by atoms with Crippen molar-refractivity contribution in [2.75, 3.05) is 33.4 Å². The van der Waals surface area contributed by atoms with Crippen molar-refractivity contribution in [1.29, 1.82) is 0 Å². The third-order valence-corrected chi connectivity index (χ3v) is 4.13. The lowest BCUT2D eigenvalue weighted by Crippen LogP contribution is -2.33. The Labute approximate surface area is 127 Å². The SMILES string of the molecule is COCCNC1CCCN(Cc2ccc(Cl)cc2)CC1. The van der Waals surface area contributed by atoms with Crippen LogP contribution in [0.1, 0.15) is 24.8 Å². The standard InChI is InChI=1S/C16H25ClN2O/c1-20-12-9-18-16-3-2-10-19(11-8-16)13-14-4-6-15(17)7-5-14/h4-7,16,18H,2-3,8-13H2,1H3. The number of benzene rings is 1. The van der Waals surface area contributed by atoms with Crippen molar-refractivity contribution in [2.45, 2.75) is 31.8 Å². The zero-order chi connectivity index (χ0) is 14.2. The Hall–Kier alpha value is -0.610. The van der Waals surface area contributed by atoms with Crippen molar-refractivity contribution in [3.05, 3.63) is 34.9 Å². The fraction of sp³-hybridized carbons (Fsp3) is 0.625. The Kier molecular flexibility index (Phi) is 6.80. The molecule has 4 heteroatoms. The van der Waals surface area contributed by atoms with E-state index < -0.39 is 0 Å². The highest BCUT2D eigenvalue weighted by atomic mass is 35.5. The second-order valence-corrected chi connectivity index (χ2v) is 5.91. The van der Waals surface area contributed by atoms with E-state index in [0.29, 0.717) is 6.04 Å². The predicted octanol–water partition coefficient (Wildman–Crippen LogP) is 2.93. The first-order valence-electron chi connectivity index (χ1n) is 7.47. The third kappa shape index (κ3) is 5.41. The van der Waals surface area contributed by atoms with Gasteiger partial charge >= 0.3 is 0 Å². The molecular formula is C16H25ClN2O. The van der Waals surface area contributed by atoms with E-state index in [0.717, 1.165) is 31.3 Å². The lowest BCUT2D eigenvalue weighted by Gasteiger charge is -2.20. The van der Waals surface area contributed by atoms with Gasteiger partial charge in [-0.05, 0) is 50.0 Å². The molecule has 1 heterocycles. The summed E-state index contributed by atoms with van der Waals surface area (Å²) in [5, 5.41) is 4.40. The molecule has 1 fully saturated rings. The third-order valence-electron chi connectivity index (χ3n) is 3.88. The summed E-state index contributed by atoms with van der Waals surface area (Å²) in [5.74, 6) is 0. The molecule has 0 spiro atoms. The molecule has 0 bridgehead atoms. The molecule has 1 aliphatic rings. The average molecular weight is 297 g/mol. The fourth-order valence-corrected chi connectivity index (χ4v) is 2.86. The number of rotatable bonds is 6. The molecule has 0 aromatic heterocycles. The van der Waals surface area contributed by atoms with E-state index in [1.165, 1.54) is 31.4 Å². The molecule has 3 nitrogen and oxygen atoms in total. The molecule has 1 aliphatic heterocycles. The van der Waals surface area contributed by atoms with E-state index in [1.54, 1.807) is 7.11 Å². The van der Waals surface area contributed by atoms with Crippen molar-refractivity contribution in [3.63, 3.8) is 0 Å². The van der Waals surface area contributed by atoms with Gasteiger partial charge in [-0.25, -0.2) is 0 Å². The normalized spacial score (nSPS) is 20.8. The van der Waals surface area contributed by atoms with Crippen molar-refractivity contribution < 1.29 is 4.74 Å². The zero-order valence-electron chi connectivity index (χ0n) is 12.3. The summed E-state index contributed by atoms with van der Waals surface area (Å²) in [6, 6.07) is 8.84. The van der Waals surface area contributed by atoms with Crippen LogP contribution in [0.4, 0.5) is 0 Å². The van der Waals surface area contributed by atoms with Crippen LogP contribution in [-0.2, 0) is 11.3 Å². The summed E-state index contributed by atoms with van der Waals surface area (Å²) >= 11 is 5.93. The first-order valence-corrected chi connectivity index (χ1v) is 7.85. The summed E-state index contributed by atoms with van der Waals surface area (Å²) in [6.07, 6.45) is 3.75. The molecule has 1 N–H and O–H groups in total. The van der Waals surface area contributed by atoms with Crippen LogP contribution in [-0.4, -0.2) is 44.3 Å². The molecule has 1 aromatic rings. The van der Waals surface area contributed by atoms with E-state index in [9.17, 15) is 0 Å². The van der Waals surface area contributed by atoms with Gasteiger partial charge in [-0.3, -0.25) is 4.90 Å². The van der Waals surface area contributed by atoms with Crippen LogP contribution in [0.3, 0.4) is 0 Å². The Morgan fingerprint density at radius 2 is 2.05 bits per heavy atom. The van der Waals surface area contributed by atoms with Gasteiger partial charge in [0.15, 0.2) is 0 Å². The highest BCUT2D eigenvalue weighted by Crippen LogP contribution is 2.15. The molecule has 1 atom stereocenters. The first-order chi connectivity index (χ1) is 9.78. The van der Waals surface area contributed by atoms with Gasteiger partial charge in [0.2, 0.25) is 0 Å². The molecule has 0 radical (unpaired) electrons. The van der Waals surface area contributed by atoms with Crippen LogP contribution in [0.2, 0.25) is 5.02 Å². The van der Waals surface area contributed by atoms with Gasteiger partial charge < -0.3 is 10.1 Å². The Morgan fingerprint density at radius 1 is 1.25 bits per heavy atom. The van der Waals surface area contributed by atoms with Gasteiger partial charge in [-0.2, -0.15) is 0 Å². The van der Waals surface area contributed by atoms with E-state index in [2.05, 4.69) is 22.3 Å². The number of nitrogens with one attached hydrogen (secondary N) is 1. The van der Waals surface area contributed by atoms with Crippen LogP contribution in [0.15, 0.2) is 24.3 Å². The lowest BCUT2D eigenvalue weighted by molar-refractivity contribution is 0.194. The molecule has 0 amide bonds. The molecule has 20 heavy (non-hydrogen) atoms. The maximum Gasteiger partial charge on any atom is 0.0587 e. The topological polar surface area (TPSA) is 24.5 Å². The molecular weight excluding hydrogens is 272 g/mol. The summed E-state index contributed by atoms with van der Waals surface area (Å²) in [5.41, 5.74) is 1.35. The molecule has 2 rings (SSSR count). The minimum atomic E-state index is 0.639. The van der Waals surface area contributed by atoms with E-state index in [4.69, 9.17) is 16.3 Å². The van der Waals surface area contributed by atoms with E-state index >= 15 is 0 Å². The monoisotopic (exact) mass is 296 g/mol. The quantitative estimate of drug-likeness (QED) is 0.817. The predicted molar refractivity (Wildman–Crippen MR) is 84.2 cm³/mol. The average Bonchev–Trinajstić information content (AvgIpc) is 2.67. The fourth-order valence-electron chi connectivity index (χ4n) is 2.73. The minimum Gasteiger partial charge on any atom is -0.383 e. The van der Waals surface area contributed by atoms with Crippen LogP contribution in [0.5, 0.6) is 0 Å². The number of ether oxygens (including phenoxy) is 1. The second kappa shape index (κ2) is 8.63. The van der Waals surface area contributed by atoms with E-state index in [-0.39, 0.29) is 0 Å². The number of likely N-dealkylation sites (tertiary alicyclic amines) is 1. The highest BCUT2D eigenvalue weighted by Gasteiger charge is 2.16. The number of methoxy groups -OCH3 is 1. The molecule has 0 aliphatic carbocycles. The largest absolute Gasteiger partial charge is 0.383 e. The number of hydrogen-bond donors (Lipinski definition) is 1.